The van der Waals surface area contributed by atoms with Crippen LogP contribution >= 0.6 is 16.1 Å². The molecule has 0 aromatic heterocycles. The SMILES string of the molecule is C1=CCC/C=C\CC1.CC(C)[C@@H]1CC[C@@H](C)CC1[PH+](O)c1ccccc1[PH+](C1CCCCC1)C1CCCCC1.FB(F)F.[CH3-].[CH3-].[F-].[Ir+3]. The van der Waals surface area contributed by atoms with Gasteiger partial charge in [-0.3, -0.25) is 12.9 Å². The largest absolute Gasteiger partial charge is 3.00 e. The van der Waals surface area contributed by atoms with Crippen molar-refractivity contribution in [3.63, 3.8) is 0 Å². The smallest absolute Gasteiger partial charge is 1.00 e. The van der Waals surface area contributed by atoms with Gasteiger partial charge in [0.2, 0.25) is 0 Å². The molecule has 272 valence electrons. The maximum Gasteiger partial charge on any atom is 3.00 e. The van der Waals surface area contributed by atoms with Crippen molar-refractivity contribution >= 4 is 34.2 Å². The van der Waals surface area contributed by atoms with Crippen LogP contribution in [0.15, 0.2) is 48.6 Å². The van der Waals surface area contributed by atoms with Crippen LogP contribution in [0.1, 0.15) is 130 Å². The summed E-state index contributed by atoms with van der Waals surface area (Å²) in [5.41, 5.74) is 2.43. The second-order valence-electron chi connectivity index (χ2n) is 13.8. The Balaban J connectivity index is 0. The molecule has 4 aliphatic rings. The summed E-state index contributed by atoms with van der Waals surface area (Å²) in [4.78, 5) is 12.0. The van der Waals surface area contributed by atoms with E-state index in [9.17, 15) is 17.8 Å². The molecule has 0 radical (unpaired) electrons. The Bertz CT molecular complexity index is 911. The van der Waals surface area contributed by atoms with Crippen LogP contribution < -0.4 is 15.3 Å². The minimum absolute atomic E-state index is 0. The molecule has 4 atom stereocenters. The summed E-state index contributed by atoms with van der Waals surface area (Å²) in [5, 5.41) is 3.13. The monoisotopic (exact) mass is 880 g/mol. The summed E-state index contributed by atoms with van der Waals surface area (Å²) < 4.78 is 29.0. The van der Waals surface area contributed by atoms with Gasteiger partial charge in [-0.2, -0.15) is 0 Å². The molecule has 1 aromatic carbocycles. The molecule has 47 heavy (non-hydrogen) atoms. The molecule has 9 heteroatoms. The molecule has 1 nitrogen and oxygen atoms in total. The van der Waals surface area contributed by atoms with E-state index in [1.165, 1.54) is 114 Å². The zero-order valence-electron chi connectivity index (χ0n) is 30.0. The average Bonchev–Trinajstić information content (AvgIpc) is 2.98. The number of rotatable bonds is 6. The van der Waals surface area contributed by atoms with E-state index < -0.39 is 23.6 Å². The van der Waals surface area contributed by atoms with Crippen LogP contribution in [0.5, 0.6) is 0 Å². The Kier molecular flexibility index (Phi) is 28.9. The van der Waals surface area contributed by atoms with Gasteiger partial charge in [0.1, 0.15) is 11.0 Å². The maximum absolute atomic E-state index is 12.0. The normalized spacial score (nSPS) is 24.5. The van der Waals surface area contributed by atoms with E-state index in [0.717, 1.165) is 17.2 Å². The molecule has 0 heterocycles. The van der Waals surface area contributed by atoms with Gasteiger partial charge in [-0.1, -0.05) is 76.5 Å². The number of allylic oxidation sites excluding steroid dienone is 4. The van der Waals surface area contributed by atoms with Crippen LogP contribution in [0.25, 0.3) is 0 Å². The Morgan fingerprint density at radius 3 is 1.51 bits per heavy atom. The van der Waals surface area contributed by atoms with E-state index in [-0.39, 0.29) is 39.7 Å². The van der Waals surface area contributed by atoms with E-state index in [4.69, 9.17) is 0 Å². The van der Waals surface area contributed by atoms with Crippen LogP contribution in [0.2, 0.25) is 0 Å². The zero-order chi connectivity index (χ0) is 31.0. The van der Waals surface area contributed by atoms with Crippen molar-refractivity contribution in [2.75, 3.05) is 0 Å². The molecule has 2 unspecified atom stereocenters. The molecule has 0 saturated heterocycles. The van der Waals surface area contributed by atoms with Gasteiger partial charge in [0, 0.05) is 13.8 Å². The summed E-state index contributed by atoms with van der Waals surface area (Å²) in [5.74, 6) is 2.18. The van der Waals surface area contributed by atoms with Crippen molar-refractivity contribution < 1.29 is 42.7 Å². The van der Waals surface area contributed by atoms with Gasteiger partial charge >= 0.3 is 27.6 Å². The second-order valence-corrected chi connectivity index (χ2v) is 19.0. The zero-order valence-corrected chi connectivity index (χ0v) is 34.4. The van der Waals surface area contributed by atoms with E-state index >= 15 is 0 Å². The first-order valence-electron chi connectivity index (χ1n) is 17.5. The van der Waals surface area contributed by atoms with Crippen LogP contribution in [-0.4, -0.2) is 29.4 Å². The van der Waals surface area contributed by atoms with Crippen LogP contribution in [0.4, 0.5) is 12.9 Å². The first kappa shape index (κ1) is 49.1. The van der Waals surface area contributed by atoms with Crippen molar-refractivity contribution in [3.8, 4) is 0 Å². The molecule has 1 N–H and O–H groups in total. The fourth-order valence-electron chi connectivity index (χ4n) is 8.13. The van der Waals surface area contributed by atoms with Crippen molar-refractivity contribution in [2.45, 2.75) is 147 Å². The standard InChI is InChI=1S/C28H46OP2.C8H12.2CH3.BF3.FH.Ir/c1-21(2)25-19-18-22(3)20-28(25)31(29)27-17-11-10-16-26(27)30(23-12-6-4-7-13-23)24-14-8-5-9-15-24;1-2-4-6-8-7-5-3-1;;;2-1(3)4;;/h10-11,16-17,21-25,28-29H,4-9,12-15,18-20H2,1-3H3;1-2,7-8H,3-6H2;2*1H3;;1H;/q;;2*-1;;;+3/p+1/b;2-1-,8-7?;;;;;/t22-,25+,28?,31?;;;;;;/m1....../s1. The molecular weight excluding hydrogens is 813 g/mol. The summed E-state index contributed by atoms with van der Waals surface area (Å²) in [6, 6.07) is 9.40. The molecule has 3 fully saturated rings. The van der Waals surface area contributed by atoms with Gasteiger partial charge in [0.15, 0.2) is 13.5 Å². The van der Waals surface area contributed by atoms with E-state index in [1.54, 1.807) is 5.30 Å². The van der Waals surface area contributed by atoms with Gasteiger partial charge in [-0.25, -0.2) is 4.89 Å². The quantitative estimate of drug-likeness (QED) is 0.0997. The third-order valence-corrected chi connectivity index (χ3v) is 16.9. The molecular formula is C38H66BF4IrOP2+2. The molecule has 0 bridgehead atoms. The Labute approximate surface area is 303 Å². The third-order valence-electron chi connectivity index (χ3n) is 10.3. The molecule has 3 saturated carbocycles. The minimum atomic E-state index is -3.67. The van der Waals surface area contributed by atoms with E-state index in [0.29, 0.717) is 17.5 Å². The Hall–Kier alpha value is -0.0457. The van der Waals surface area contributed by atoms with Crippen molar-refractivity contribution in [1.29, 1.82) is 0 Å². The van der Waals surface area contributed by atoms with Gasteiger partial charge in [0.05, 0.1) is 11.3 Å². The Morgan fingerprint density at radius 1 is 0.702 bits per heavy atom. The summed E-state index contributed by atoms with van der Waals surface area (Å²) in [7, 11) is -5.80. The van der Waals surface area contributed by atoms with Gasteiger partial charge < -0.3 is 19.6 Å². The third kappa shape index (κ3) is 17.1. The first-order chi connectivity index (χ1) is 20.8. The second kappa shape index (κ2) is 27.7. The Morgan fingerprint density at radius 2 is 1.11 bits per heavy atom. The van der Waals surface area contributed by atoms with Gasteiger partial charge in [-0.15, -0.1) is 0 Å². The predicted molar refractivity (Wildman–Crippen MR) is 202 cm³/mol. The average molecular weight is 880 g/mol. The maximum atomic E-state index is 12.0. The number of hydrogen-bond donors (Lipinski definition) is 1. The van der Waals surface area contributed by atoms with Crippen LogP contribution in [0.3, 0.4) is 0 Å². The summed E-state index contributed by atoms with van der Waals surface area (Å²) in [6.07, 6.45) is 32.4. The van der Waals surface area contributed by atoms with Crippen molar-refractivity contribution in [3.05, 3.63) is 63.4 Å². The number of halogens is 4. The van der Waals surface area contributed by atoms with E-state index in [2.05, 4.69) is 69.3 Å². The summed E-state index contributed by atoms with van der Waals surface area (Å²) in [6.45, 7) is 7.21. The molecule has 4 aliphatic carbocycles. The van der Waals surface area contributed by atoms with Gasteiger partial charge in [-0.05, 0) is 114 Å². The number of benzene rings is 1. The molecule has 0 amide bonds. The summed E-state index contributed by atoms with van der Waals surface area (Å²) >= 11 is 0. The predicted octanol–water partition coefficient (Wildman–Crippen LogP) is 8.85. The molecule has 0 spiro atoms. The molecule has 1 aromatic rings. The van der Waals surface area contributed by atoms with Crippen LogP contribution in [-0.2, 0) is 20.1 Å². The number of hydrogen-bond acceptors (Lipinski definition) is 1. The molecule has 0 aliphatic heterocycles. The van der Waals surface area contributed by atoms with Crippen molar-refractivity contribution in [2.24, 2.45) is 17.8 Å². The first-order valence-corrected chi connectivity index (χ1v) is 20.7. The fraction of sp³-hybridized carbons (Fsp3) is 0.684. The van der Waals surface area contributed by atoms with Crippen LogP contribution in [0, 0.1) is 32.6 Å². The van der Waals surface area contributed by atoms with Crippen molar-refractivity contribution in [1.82, 2.24) is 0 Å². The topological polar surface area (TPSA) is 20.2 Å². The fourth-order valence-corrected chi connectivity index (χ4v) is 15.8. The molecule has 5 rings (SSSR count). The minimum Gasteiger partial charge on any atom is -1.00 e. The van der Waals surface area contributed by atoms with Gasteiger partial charge in [0.25, 0.3) is 0 Å². The van der Waals surface area contributed by atoms with E-state index in [1.807, 2.05) is 0 Å².